The molecule has 0 bridgehead atoms. The van der Waals surface area contributed by atoms with Crippen LogP contribution in [0.4, 0.5) is 0 Å². The van der Waals surface area contributed by atoms with Crippen LogP contribution >= 0.6 is 7.29 Å². The molecule has 18 heavy (non-hydrogen) atoms. The third kappa shape index (κ3) is 2.70. The minimum absolute atomic E-state index is 0.0380. The van der Waals surface area contributed by atoms with Crippen LogP contribution in [0.2, 0.25) is 0 Å². The van der Waals surface area contributed by atoms with Crippen molar-refractivity contribution in [1.82, 2.24) is 5.09 Å². The van der Waals surface area contributed by atoms with Gasteiger partial charge in [-0.2, -0.15) is 0 Å². The highest BCUT2D eigenvalue weighted by atomic mass is 31.2. The summed E-state index contributed by atoms with van der Waals surface area (Å²) in [4.78, 5) is 0. The Kier molecular flexibility index (Phi) is 4.32. The van der Waals surface area contributed by atoms with E-state index in [2.05, 4.69) is 5.09 Å². The molecule has 0 aliphatic heterocycles. The van der Waals surface area contributed by atoms with Crippen molar-refractivity contribution in [3.8, 4) is 0 Å². The first-order chi connectivity index (χ1) is 8.77. The molecular formula is C14H16NO2P. The van der Waals surface area contributed by atoms with Crippen molar-refractivity contribution < 1.29 is 9.67 Å². The molecule has 0 saturated carbocycles. The number of hydrogen-bond acceptors (Lipinski definition) is 2. The van der Waals surface area contributed by atoms with Gasteiger partial charge in [-0.1, -0.05) is 36.4 Å². The predicted octanol–water partition coefficient (Wildman–Crippen LogP) is 1.50. The fraction of sp³-hybridized carbons (Fsp3) is 0.143. The van der Waals surface area contributed by atoms with Crippen LogP contribution < -0.4 is 15.7 Å². The van der Waals surface area contributed by atoms with E-state index in [4.69, 9.17) is 5.11 Å². The predicted molar refractivity (Wildman–Crippen MR) is 74.8 cm³/mol. The van der Waals surface area contributed by atoms with Crippen LogP contribution in [0, 0.1) is 0 Å². The van der Waals surface area contributed by atoms with E-state index in [1.807, 2.05) is 60.7 Å². The Bertz CT molecular complexity index is 485. The van der Waals surface area contributed by atoms with Crippen LogP contribution in [-0.4, -0.2) is 18.3 Å². The van der Waals surface area contributed by atoms with Crippen LogP contribution in [0.1, 0.15) is 0 Å². The average Bonchev–Trinajstić information content (AvgIpc) is 2.46. The first-order valence-electron chi connectivity index (χ1n) is 5.84. The molecule has 94 valence electrons. The lowest BCUT2D eigenvalue weighted by Crippen LogP contribution is -2.29. The summed E-state index contributed by atoms with van der Waals surface area (Å²) in [6.07, 6.45) is 0. The topological polar surface area (TPSA) is 49.3 Å². The molecule has 0 fully saturated rings. The minimum Gasteiger partial charge on any atom is -0.395 e. The summed E-state index contributed by atoms with van der Waals surface area (Å²) in [5.41, 5.74) is 0. The first kappa shape index (κ1) is 13.0. The van der Waals surface area contributed by atoms with Gasteiger partial charge in [-0.3, -0.25) is 9.65 Å². The van der Waals surface area contributed by atoms with Gasteiger partial charge >= 0.3 is 0 Å². The normalized spacial score (nSPS) is 11.4. The maximum atomic E-state index is 13.2. The molecule has 0 heterocycles. The average molecular weight is 261 g/mol. The number of benzene rings is 2. The van der Waals surface area contributed by atoms with Crippen LogP contribution in [-0.2, 0) is 4.57 Å². The van der Waals surface area contributed by atoms with Crippen molar-refractivity contribution in [3.05, 3.63) is 60.7 Å². The van der Waals surface area contributed by atoms with Gasteiger partial charge in [0.05, 0.1) is 6.61 Å². The third-order valence-electron chi connectivity index (χ3n) is 2.69. The summed E-state index contributed by atoms with van der Waals surface area (Å²) in [6, 6.07) is 18.6. The standard InChI is InChI=1S/C14H16NO2P/c16-12-11-15-18(17,13-7-3-1-4-8-13)14-9-5-2-6-10-14/h1-10,16H,11-12H2,(H,15,17). The number of aliphatic hydroxyl groups excluding tert-OH is 1. The molecule has 2 N–H and O–H groups in total. The fourth-order valence-electron chi connectivity index (χ4n) is 1.81. The molecule has 0 aliphatic rings. The Hall–Kier alpha value is -1.41. The van der Waals surface area contributed by atoms with E-state index in [9.17, 15) is 4.57 Å². The zero-order chi connectivity index (χ0) is 12.8. The second-order valence-electron chi connectivity index (χ2n) is 3.91. The minimum atomic E-state index is -2.85. The second kappa shape index (κ2) is 5.96. The molecule has 0 aliphatic carbocycles. The SMILES string of the molecule is O=P(NCCO)(c1ccccc1)c1ccccc1. The zero-order valence-electron chi connectivity index (χ0n) is 9.99. The highest BCUT2D eigenvalue weighted by molar-refractivity contribution is 7.76. The smallest absolute Gasteiger partial charge is 0.204 e. The molecule has 0 unspecified atom stereocenters. The molecule has 0 aromatic heterocycles. The van der Waals surface area contributed by atoms with E-state index in [1.54, 1.807) is 0 Å². The summed E-state index contributed by atoms with van der Waals surface area (Å²) >= 11 is 0. The number of hydrogen-bond donors (Lipinski definition) is 2. The van der Waals surface area contributed by atoms with Crippen LogP contribution in [0.3, 0.4) is 0 Å². The maximum absolute atomic E-state index is 13.2. The largest absolute Gasteiger partial charge is 0.395 e. The summed E-state index contributed by atoms with van der Waals surface area (Å²) in [6.45, 7) is 0.269. The van der Waals surface area contributed by atoms with Gasteiger partial charge in [0, 0.05) is 17.2 Å². The van der Waals surface area contributed by atoms with Gasteiger partial charge in [0.15, 0.2) is 0 Å². The molecule has 0 radical (unpaired) electrons. The Morgan fingerprint density at radius 1 is 0.889 bits per heavy atom. The molecule has 4 heteroatoms. The number of rotatable bonds is 5. The Morgan fingerprint density at radius 3 is 1.72 bits per heavy atom. The Balaban J connectivity index is 2.45. The number of nitrogens with one attached hydrogen (secondary N) is 1. The number of aliphatic hydroxyl groups is 1. The molecule has 0 atom stereocenters. The van der Waals surface area contributed by atoms with Gasteiger partial charge in [-0.05, 0) is 24.3 Å². The van der Waals surface area contributed by atoms with Crippen LogP contribution in [0.25, 0.3) is 0 Å². The molecule has 2 aromatic rings. The summed E-state index contributed by atoms with van der Waals surface area (Å²) in [5, 5.41) is 13.4. The van der Waals surface area contributed by atoms with Crippen molar-refractivity contribution in [3.63, 3.8) is 0 Å². The molecule has 3 nitrogen and oxygen atoms in total. The van der Waals surface area contributed by atoms with E-state index >= 15 is 0 Å². The van der Waals surface area contributed by atoms with Crippen molar-refractivity contribution in [1.29, 1.82) is 0 Å². The van der Waals surface area contributed by atoms with Gasteiger partial charge in [-0.15, -0.1) is 0 Å². The highest BCUT2D eigenvalue weighted by Gasteiger charge is 2.25. The zero-order valence-corrected chi connectivity index (χ0v) is 10.9. The Labute approximate surface area is 107 Å². The molecule has 0 amide bonds. The van der Waals surface area contributed by atoms with Crippen LogP contribution in [0.5, 0.6) is 0 Å². The summed E-state index contributed by atoms with van der Waals surface area (Å²) in [5.74, 6) is 0. The van der Waals surface area contributed by atoms with E-state index in [0.29, 0.717) is 6.54 Å². The molecular weight excluding hydrogens is 245 g/mol. The van der Waals surface area contributed by atoms with Gasteiger partial charge in [0.25, 0.3) is 0 Å². The first-order valence-corrected chi connectivity index (χ1v) is 7.55. The van der Waals surface area contributed by atoms with E-state index in [-0.39, 0.29) is 6.61 Å². The molecule has 0 spiro atoms. The highest BCUT2D eigenvalue weighted by Crippen LogP contribution is 2.37. The fourth-order valence-corrected chi connectivity index (χ4v) is 4.08. The van der Waals surface area contributed by atoms with E-state index in [0.717, 1.165) is 10.6 Å². The lowest BCUT2D eigenvalue weighted by Gasteiger charge is -2.20. The van der Waals surface area contributed by atoms with Gasteiger partial charge in [0.2, 0.25) is 7.29 Å². The van der Waals surface area contributed by atoms with Crippen LogP contribution in [0.15, 0.2) is 60.7 Å². The van der Waals surface area contributed by atoms with Crippen molar-refractivity contribution in [2.75, 3.05) is 13.2 Å². The van der Waals surface area contributed by atoms with Crippen molar-refractivity contribution in [2.24, 2.45) is 0 Å². The lowest BCUT2D eigenvalue weighted by atomic mass is 10.4. The van der Waals surface area contributed by atoms with Gasteiger partial charge < -0.3 is 5.11 Å². The van der Waals surface area contributed by atoms with Crippen molar-refractivity contribution in [2.45, 2.75) is 0 Å². The third-order valence-corrected chi connectivity index (χ3v) is 5.41. The maximum Gasteiger partial charge on any atom is 0.204 e. The lowest BCUT2D eigenvalue weighted by molar-refractivity contribution is 0.301. The van der Waals surface area contributed by atoms with Crippen molar-refractivity contribution >= 4 is 17.9 Å². The summed E-state index contributed by atoms with van der Waals surface area (Å²) < 4.78 is 13.2. The second-order valence-corrected chi connectivity index (χ2v) is 6.48. The quantitative estimate of drug-likeness (QED) is 0.802. The van der Waals surface area contributed by atoms with Gasteiger partial charge in [0.1, 0.15) is 0 Å². The Morgan fingerprint density at radius 2 is 1.33 bits per heavy atom. The molecule has 2 aromatic carbocycles. The van der Waals surface area contributed by atoms with E-state index in [1.165, 1.54) is 0 Å². The monoisotopic (exact) mass is 261 g/mol. The molecule has 2 rings (SSSR count). The van der Waals surface area contributed by atoms with Gasteiger partial charge in [-0.25, -0.2) is 0 Å². The summed E-state index contributed by atoms with van der Waals surface area (Å²) in [7, 11) is -2.85. The van der Waals surface area contributed by atoms with E-state index < -0.39 is 7.29 Å². The molecule has 0 saturated heterocycles.